The van der Waals surface area contributed by atoms with Crippen molar-refractivity contribution in [3.8, 4) is 0 Å². The number of ether oxygens (including phenoxy) is 1. The van der Waals surface area contributed by atoms with Crippen molar-refractivity contribution >= 4 is 11.8 Å². The maximum atomic E-state index is 12.6. The van der Waals surface area contributed by atoms with Gasteiger partial charge in [0.05, 0.1) is 17.9 Å². The van der Waals surface area contributed by atoms with Gasteiger partial charge in [-0.05, 0) is 36.6 Å². The van der Waals surface area contributed by atoms with E-state index in [-0.39, 0.29) is 23.9 Å². The fourth-order valence-corrected chi connectivity index (χ4v) is 3.93. The SMILES string of the molecule is CO[C@H]1C(=O)N(C2CCN(C(=O)c3ccoc3)CC2)[C@H]1c1ccncc1. The maximum Gasteiger partial charge on any atom is 0.257 e. The molecule has 2 amide bonds. The first-order valence-electron chi connectivity index (χ1n) is 8.77. The average molecular weight is 355 g/mol. The maximum absolute atomic E-state index is 12.6. The van der Waals surface area contributed by atoms with Gasteiger partial charge in [-0.1, -0.05) is 0 Å². The minimum absolute atomic E-state index is 0.0208. The minimum atomic E-state index is -0.442. The molecule has 7 nitrogen and oxygen atoms in total. The molecule has 2 aromatic heterocycles. The molecule has 0 bridgehead atoms. The number of carbonyl (C=O) groups excluding carboxylic acids is 2. The number of amides is 2. The molecule has 26 heavy (non-hydrogen) atoms. The average Bonchev–Trinajstić information content (AvgIpc) is 3.22. The van der Waals surface area contributed by atoms with Gasteiger partial charge >= 0.3 is 0 Å². The van der Waals surface area contributed by atoms with E-state index in [2.05, 4.69) is 4.98 Å². The molecular weight excluding hydrogens is 334 g/mol. The number of aromatic nitrogens is 1. The number of hydrogen-bond donors (Lipinski definition) is 0. The van der Waals surface area contributed by atoms with Crippen LogP contribution >= 0.6 is 0 Å². The van der Waals surface area contributed by atoms with Gasteiger partial charge in [-0.25, -0.2) is 0 Å². The van der Waals surface area contributed by atoms with Crippen LogP contribution in [-0.4, -0.2) is 58.9 Å². The van der Waals surface area contributed by atoms with Crippen LogP contribution in [0.15, 0.2) is 47.5 Å². The Balaban J connectivity index is 1.45. The number of methoxy groups -OCH3 is 1. The summed E-state index contributed by atoms with van der Waals surface area (Å²) in [5.41, 5.74) is 1.60. The molecule has 2 aliphatic rings. The molecule has 0 radical (unpaired) electrons. The van der Waals surface area contributed by atoms with Crippen LogP contribution in [-0.2, 0) is 9.53 Å². The summed E-state index contributed by atoms with van der Waals surface area (Å²) in [6.45, 7) is 1.25. The van der Waals surface area contributed by atoms with E-state index in [1.807, 2.05) is 21.9 Å². The van der Waals surface area contributed by atoms with Crippen molar-refractivity contribution in [1.29, 1.82) is 0 Å². The van der Waals surface area contributed by atoms with E-state index >= 15 is 0 Å². The molecule has 2 atom stereocenters. The van der Waals surface area contributed by atoms with E-state index in [9.17, 15) is 9.59 Å². The third-order valence-electron chi connectivity index (χ3n) is 5.30. The summed E-state index contributed by atoms with van der Waals surface area (Å²) in [4.78, 5) is 32.8. The highest BCUT2D eigenvalue weighted by Gasteiger charge is 2.51. The molecule has 0 aromatic carbocycles. The Morgan fingerprint density at radius 3 is 2.58 bits per heavy atom. The van der Waals surface area contributed by atoms with Crippen molar-refractivity contribution in [2.24, 2.45) is 0 Å². The second kappa shape index (κ2) is 6.92. The zero-order chi connectivity index (χ0) is 18.1. The van der Waals surface area contributed by atoms with Crippen molar-refractivity contribution in [2.45, 2.75) is 31.0 Å². The molecule has 0 spiro atoms. The number of β-lactam (4-membered cyclic amide) rings is 1. The molecule has 2 saturated heterocycles. The largest absolute Gasteiger partial charge is 0.472 e. The number of hydrogen-bond acceptors (Lipinski definition) is 5. The van der Waals surface area contributed by atoms with Crippen molar-refractivity contribution in [2.75, 3.05) is 20.2 Å². The predicted octanol–water partition coefficient (Wildman–Crippen LogP) is 1.88. The molecular formula is C19H21N3O4. The number of furan rings is 1. The molecule has 0 unspecified atom stereocenters. The van der Waals surface area contributed by atoms with Crippen LogP contribution in [0.4, 0.5) is 0 Å². The Morgan fingerprint density at radius 1 is 1.23 bits per heavy atom. The Morgan fingerprint density at radius 2 is 1.96 bits per heavy atom. The molecule has 4 heterocycles. The van der Waals surface area contributed by atoms with E-state index < -0.39 is 6.10 Å². The van der Waals surface area contributed by atoms with Crippen LogP contribution in [0.2, 0.25) is 0 Å². The zero-order valence-corrected chi connectivity index (χ0v) is 14.6. The quantitative estimate of drug-likeness (QED) is 0.783. The van der Waals surface area contributed by atoms with E-state index in [0.29, 0.717) is 18.7 Å². The van der Waals surface area contributed by atoms with Gasteiger partial charge in [0, 0.05) is 38.6 Å². The molecule has 0 N–H and O–H groups in total. The van der Waals surface area contributed by atoms with Gasteiger partial charge in [0.15, 0.2) is 6.10 Å². The fraction of sp³-hybridized carbons (Fsp3) is 0.421. The van der Waals surface area contributed by atoms with Gasteiger partial charge in [0.25, 0.3) is 11.8 Å². The molecule has 2 aromatic rings. The first-order valence-corrected chi connectivity index (χ1v) is 8.77. The van der Waals surface area contributed by atoms with Crippen molar-refractivity contribution in [3.63, 3.8) is 0 Å². The molecule has 4 rings (SSSR count). The number of pyridine rings is 1. The minimum Gasteiger partial charge on any atom is -0.472 e. The highest BCUT2D eigenvalue weighted by Crippen LogP contribution is 2.40. The van der Waals surface area contributed by atoms with E-state index in [1.165, 1.54) is 12.5 Å². The van der Waals surface area contributed by atoms with E-state index in [4.69, 9.17) is 9.15 Å². The fourth-order valence-electron chi connectivity index (χ4n) is 3.93. The zero-order valence-electron chi connectivity index (χ0n) is 14.6. The first-order chi connectivity index (χ1) is 12.7. The third-order valence-corrected chi connectivity index (χ3v) is 5.30. The Hall–Kier alpha value is -2.67. The Bertz CT molecular complexity index is 769. The number of rotatable bonds is 4. The van der Waals surface area contributed by atoms with E-state index in [1.54, 1.807) is 25.6 Å². The highest BCUT2D eigenvalue weighted by atomic mass is 16.5. The standard InChI is InChI=1S/C19H21N3O4/c1-25-17-16(13-2-7-20-8-3-13)22(19(17)24)15-4-9-21(10-5-15)18(23)14-6-11-26-12-14/h2-3,6-8,11-12,15-17H,4-5,9-10H2,1H3/t16-,17+/m0/s1. The molecule has 0 aliphatic carbocycles. The van der Waals surface area contributed by atoms with Crippen molar-refractivity contribution in [3.05, 3.63) is 54.2 Å². The molecule has 2 fully saturated rings. The lowest BCUT2D eigenvalue weighted by Crippen LogP contribution is -2.64. The summed E-state index contributed by atoms with van der Waals surface area (Å²) in [6.07, 6.45) is 7.51. The van der Waals surface area contributed by atoms with Crippen LogP contribution < -0.4 is 0 Å². The van der Waals surface area contributed by atoms with Gasteiger partial charge in [0.2, 0.25) is 0 Å². The van der Waals surface area contributed by atoms with Crippen LogP contribution in [0.25, 0.3) is 0 Å². The van der Waals surface area contributed by atoms with Crippen LogP contribution in [0.5, 0.6) is 0 Å². The summed E-state index contributed by atoms with van der Waals surface area (Å²) in [5.74, 6) is 0.00140. The molecule has 0 saturated carbocycles. The van der Waals surface area contributed by atoms with Crippen molar-refractivity contribution in [1.82, 2.24) is 14.8 Å². The van der Waals surface area contributed by atoms with Crippen LogP contribution in [0.3, 0.4) is 0 Å². The lowest BCUT2D eigenvalue weighted by Gasteiger charge is -2.52. The first kappa shape index (κ1) is 16.8. The monoisotopic (exact) mass is 355 g/mol. The van der Waals surface area contributed by atoms with Gasteiger partial charge in [-0.15, -0.1) is 0 Å². The molecule has 136 valence electrons. The number of piperidine rings is 1. The smallest absolute Gasteiger partial charge is 0.257 e. The second-order valence-electron chi connectivity index (χ2n) is 6.66. The number of carbonyl (C=O) groups is 2. The Kier molecular flexibility index (Phi) is 4.46. The summed E-state index contributed by atoms with van der Waals surface area (Å²) < 4.78 is 10.4. The van der Waals surface area contributed by atoms with Crippen LogP contribution in [0, 0.1) is 0 Å². The van der Waals surface area contributed by atoms with Gasteiger partial charge in [-0.2, -0.15) is 0 Å². The lowest BCUT2D eigenvalue weighted by atomic mass is 9.86. The van der Waals surface area contributed by atoms with Gasteiger partial charge < -0.3 is 19.0 Å². The normalized spacial score (nSPS) is 23.8. The number of likely N-dealkylation sites (tertiary alicyclic amines) is 2. The Labute approximate surface area is 151 Å². The summed E-state index contributed by atoms with van der Waals surface area (Å²) >= 11 is 0. The molecule has 7 heteroatoms. The predicted molar refractivity (Wildman–Crippen MR) is 92.3 cm³/mol. The summed E-state index contributed by atoms with van der Waals surface area (Å²) in [5, 5.41) is 0. The lowest BCUT2D eigenvalue weighted by molar-refractivity contribution is -0.178. The molecule has 2 aliphatic heterocycles. The number of nitrogens with zero attached hydrogens (tertiary/aromatic N) is 3. The third kappa shape index (κ3) is 2.78. The van der Waals surface area contributed by atoms with Crippen molar-refractivity contribution < 1.29 is 18.7 Å². The van der Waals surface area contributed by atoms with Gasteiger partial charge in [-0.3, -0.25) is 14.6 Å². The summed E-state index contributed by atoms with van der Waals surface area (Å²) in [6, 6.07) is 5.55. The summed E-state index contributed by atoms with van der Waals surface area (Å²) in [7, 11) is 1.57. The van der Waals surface area contributed by atoms with Gasteiger partial charge in [0.1, 0.15) is 6.26 Å². The highest BCUT2D eigenvalue weighted by molar-refractivity contribution is 5.94. The second-order valence-corrected chi connectivity index (χ2v) is 6.66. The van der Waals surface area contributed by atoms with Crippen LogP contribution in [0.1, 0.15) is 34.8 Å². The topological polar surface area (TPSA) is 75.9 Å². The van der Waals surface area contributed by atoms with E-state index in [0.717, 1.165) is 18.4 Å².